The van der Waals surface area contributed by atoms with Gasteiger partial charge in [0.2, 0.25) is 5.91 Å². The highest BCUT2D eigenvalue weighted by Gasteiger charge is 2.52. The Balaban J connectivity index is 1.30. The minimum absolute atomic E-state index is 0.0851. The van der Waals surface area contributed by atoms with E-state index in [-0.39, 0.29) is 29.5 Å². The van der Waals surface area contributed by atoms with E-state index in [9.17, 15) is 9.59 Å². The van der Waals surface area contributed by atoms with E-state index in [0.29, 0.717) is 18.5 Å². The smallest absolute Gasteiger partial charge is 0.410 e. The molecule has 0 N–H and O–H groups in total. The van der Waals surface area contributed by atoms with Gasteiger partial charge in [0.05, 0.1) is 12.6 Å². The van der Waals surface area contributed by atoms with Crippen LogP contribution < -0.4 is 0 Å². The minimum Gasteiger partial charge on any atom is -0.444 e. The maximum Gasteiger partial charge on any atom is 0.410 e. The first-order valence-corrected chi connectivity index (χ1v) is 14.7. The summed E-state index contributed by atoms with van der Waals surface area (Å²) < 4.78 is 11.2. The van der Waals surface area contributed by atoms with Crippen molar-refractivity contribution in [3.63, 3.8) is 0 Å². The lowest BCUT2D eigenvalue weighted by molar-refractivity contribution is -0.155. The Kier molecular flexibility index (Phi) is 7.80. The van der Waals surface area contributed by atoms with Gasteiger partial charge in [-0.15, -0.1) is 0 Å². The molecule has 1 aliphatic carbocycles. The summed E-state index contributed by atoms with van der Waals surface area (Å²) in [5.41, 5.74) is 2.43. The molecule has 2 amide bonds. The zero-order valence-corrected chi connectivity index (χ0v) is 24.1. The Labute approximate surface area is 228 Å². The molecule has 3 heterocycles. The molecule has 7 nitrogen and oxygen atoms in total. The van der Waals surface area contributed by atoms with E-state index >= 15 is 0 Å². The molecule has 0 bridgehead atoms. The van der Waals surface area contributed by atoms with Gasteiger partial charge in [-0.3, -0.25) is 9.69 Å². The van der Waals surface area contributed by atoms with Crippen molar-refractivity contribution in [2.75, 3.05) is 39.4 Å². The maximum absolute atomic E-state index is 13.9. The SMILES string of the molecule is CC(C)c1ccccc1C1CN(C2CCOCC2)CC(=O)N1C1CC2(CCN(C(=O)OC(C)(C)C)CC2)C1. The highest BCUT2D eigenvalue weighted by Crippen LogP contribution is 2.53. The van der Waals surface area contributed by atoms with E-state index in [4.69, 9.17) is 9.47 Å². The molecule has 5 rings (SSSR count). The monoisotopic (exact) mass is 525 g/mol. The number of amides is 2. The van der Waals surface area contributed by atoms with E-state index in [1.807, 2.05) is 25.7 Å². The molecule has 0 aromatic heterocycles. The van der Waals surface area contributed by atoms with Gasteiger partial charge in [-0.1, -0.05) is 38.1 Å². The van der Waals surface area contributed by atoms with E-state index in [0.717, 1.165) is 71.4 Å². The van der Waals surface area contributed by atoms with Crippen LogP contribution in [-0.2, 0) is 14.3 Å². The largest absolute Gasteiger partial charge is 0.444 e. The first-order chi connectivity index (χ1) is 18.1. The third kappa shape index (κ3) is 5.74. The summed E-state index contributed by atoms with van der Waals surface area (Å²) in [6, 6.07) is 9.53. The van der Waals surface area contributed by atoms with Gasteiger partial charge >= 0.3 is 6.09 Å². The lowest BCUT2D eigenvalue weighted by Crippen LogP contribution is -2.63. The number of hydrogen-bond acceptors (Lipinski definition) is 5. The van der Waals surface area contributed by atoms with Crippen molar-refractivity contribution in [2.45, 2.75) is 103 Å². The van der Waals surface area contributed by atoms with Gasteiger partial charge in [0.25, 0.3) is 0 Å². The molecule has 0 radical (unpaired) electrons. The number of hydrogen-bond donors (Lipinski definition) is 0. The van der Waals surface area contributed by atoms with Crippen molar-refractivity contribution in [3.05, 3.63) is 35.4 Å². The molecule has 1 unspecified atom stereocenters. The summed E-state index contributed by atoms with van der Waals surface area (Å²) in [6.45, 7) is 14.7. The second kappa shape index (κ2) is 10.8. The number of rotatable bonds is 4. The average Bonchev–Trinajstić information content (AvgIpc) is 2.86. The lowest BCUT2D eigenvalue weighted by atomic mass is 9.59. The Morgan fingerprint density at radius 1 is 1.05 bits per heavy atom. The molecule has 1 atom stereocenters. The molecule has 1 saturated carbocycles. The van der Waals surface area contributed by atoms with E-state index < -0.39 is 5.60 Å². The summed E-state index contributed by atoms with van der Waals surface area (Å²) in [5, 5.41) is 0. The predicted octanol–water partition coefficient (Wildman–Crippen LogP) is 5.35. The molecule has 210 valence electrons. The second-order valence-electron chi connectivity index (χ2n) is 13.4. The van der Waals surface area contributed by atoms with Gasteiger partial charge in [-0.2, -0.15) is 0 Å². The van der Waals surface area contributed by atoms with Crippen LogP contribution in [0.1, 0.15) is 96.2 Å². The molecule has 1 aromatic carbocycles. The van der Waals surface area contributed by atoms with Crippen molar-refractivity contribution in [1.29, 1.82) is 0 Å². The van der Waals surface area contributed by atoms with Crippen molar-refractivity contribution < 1.29 is 19.1 Å². The van der Waals surface area contributed by atoms with Gasteiger partial charge in [0.1, 0.15) is 5.60 Å². The molecule has 7 heteroatoms. The van der Waals surface area contributed by atoms with Gasteiger partial charge in [-0.05, 0) is 81.8 Å². The van der Waals surface area contributed by atoms with Crippen LogP contribution in [0.4, 0.5) is 4.79 Å². The molecular formula is C31H47N3O4. The Hall–Kier alpha value is -2.12. The van der Waals surface area contributed by atoms with Crippen LogP contribution >= 0.6 is 0 Å². The highest BCUT2D eigenvalue weighted by molar-refractivity contribution is 5.80. The van der Waals surface area contributed by atoms with Gasteiger partial charge in [0.15, 0.2) is 0 Å². The first-order valence-electron chi connectivity index (χ1n) is 14.7. The number of likely N-dealkylation sites (tertiary alicyclic amines) is 1. The normalized spacial score (nSPS) is 25.6. The topological polar surface area (TPSA) is 62.3 Å². The summed E-state index contributed by atoms with van der Waals surface area (Å²) in [7, 11) is 0. The molecule has 4 aliphatic rings. The van der Waals surface area contributed by atoms with Crippen LogP contribution in [0.2, 0.25) is 0 Å². The number of benzene rings is 1. The first kappa shape index (κ1) is 27.4. The zero-order valence-electron chi connectivity index (χ0n) is 24.1. The van der Waals surface area contributed by atoms with Crippen molar-refractivity contribution in [1.82, 2.24) is 14.7 Å². The van der Waals surface area contributed by atoms with E-state index in [2.05, 4.69) is 47.9 Å². The summed E-state index contributed by atoms with van der Waals surface area (Å²) in [6.07, 6.45) is 5.88. The van der Waals surface area contributed by atoms with Crippen LogP contribution in [0.3, 0.4) is 0 Å². The van der Waals surface area contributed by atoms with Crippen LogP contribution in [0.15, 0.2) is 24.3 Å². The number of piperazine rings is 1. The standard InChI is InChI=1S/C31H47N3O4/c1-22(2)25-8-6-7-9-26(25)27-20-33(23-10-16-37-17-11-23)21-28(35)34(27)24-18-31(19-24)12-14-32(15-13-31)29(36)38-30(3,4)5/h6-9,22-24,27H,10-21H2,1-5H3. The van der Waals surface area contributed by atoms with Gasteiger partial charge in [0, 0.05) is 44.9 Å². The number of ether oxygens (including phenoxy) is 2. The number of piperidine rings is 1. The molecule has 38 heavy (non-hydrogen) atoms. The van der Waals surface area contributed by atoms with Crippen molar-refractivity contribution >= 4 is 12.0 Å². The fraction of sp³-hybridized carbons (Fsp3) is 0.742. The van der Waals surface area contributed by atoms with Crippen LogP contribution in [0.5, 0.6) is 0 Å². The van der Waals surface area contributed by atoms with Gasteiger partial charge in [-0.25, -0.2) is 4.79 Å². The van der Waals surface area contributed by atoms with Crippen LogP contribution in [0.25, 0.3) is 0 Å². The summed E-state index contributed by atoms with van der Waals surface area (Å²) in [4.78, 5) is 33.0. The fourth-order valence-electron chi connectivity index (χ4n) is 7.21. The lowest BCUT2D eigenvalue weighted by Gasteiger charge is -2.58. The fourth-order valence-corrected chi connectivity index (χ4v) is 7.21. The van der Waals surface area contributed by atoms with E-state index in [1.165, 1.54) is 11.1 Å². The second-order valence-corrected chi connectivity index (χ2v) is 13.4. The Bertz CT molecular complexity index is 997. The third-order valence-electron chi connectivity index (χ3n) is 9.26. The summed E-state index contributed by atoms with van der Waals surface area (Å²) >= 11 is 0. The average molecular weight is 526 g/mol. The third-order valence-corrected chi connectivity index (χ3v) is 9.26. The molecule has 1 spiro atoms. The van der Waals surface area contributed by atoms with Crippen molar-refractivity contribution in [2.24, 2.45) is 5.41 Å². The molecule has 4 fully saturated rings. The Morgan fingerprint density at radius 3 is 2.34 bits per heavy atom. The molecular weight excluding hydrogens is 478 g/mol. The predicted molar refractivity (Wildman–Crippen MR) is 148 cm³/mol. The highest BCUT2D eigenvalue weighted by atomic mass is 16.6. The number of nitrogens with zero attached hydrogens (tertiary/aromatic N) is 3. The van der Waals surface area contributed by atoms with Gasteiger partial charge < -0.3 is 19.3 Å². The number of carbonyl (C=O) groups excluding carboxylic acids is 2. The molecule has 1 aromatic rings. The quantitative estimate of drug-likeness (QED) is 0.530. The molecule has 3 aliphatic heterocycles. The van der Waals surface area contributed by atoms with Crippen LogP contribution in [-0.4, -0.2) is 83.8 Å². The zero-order chi connectivity index (χ0) is 27.1. The number of carbonyl (C=O) groups is 2. The summed E-state index contributed by atoms with van der Waals surface area (Å²) in [5.74, 6) is 0.684. The minimum atomic E-state index is -0.470. The Morgan fingerprint density at radius 2 is 1.71 bits per heavy atom. The molecule has 3 saturated heterocycles. The van der Waals surface area contributed by atoms with E-state index in [1.54, 1.807) is 0 Å². The maximum atomic E-state index is 13.9. The van der Waals surface area contributed by atoms with Crippen molar-refractivity contribution in [3.8, 4) is 0 Å². The van der Waals surface area contributed by atoms with Crippen LogP contribution in [0, 0.1) is 5.41 Å².